The molecule has 0 radical (unpaired) electrons. The van der Waals surface area contributed by atoms with Crippen LogP contribution < -0.4 is 5.43 Å². The van der Waals surface area contributed by atoms with E-state index in [9.17, 15) is 4.79 Å². The first-order valence-corrected chi connectivity index (χ1v) is 3.59. The maximum Gasteiger partial charge on any atom is 0.237 e. The minimum absolute atomic E-state index is 0.164. The Bertz CT molecular complexity index is 145. The number of amides is 1. The molecule has 0 heterocycles. The average Bonchev–Trinajstić information content (AvgIpc) is 2.44. The number of rotatable bonds is 2. The fraction of sp³-hybridized carbons (Fsp3) is 0.857. The molecule has 1 amide bonds. The van der Waals surface area contributed by atoms with Crippen molar-refractivity contribution in [2.24, 2.45) is 11.8 Å². The van der Waals surface area contributed by atoms with Crippen molar-refractivity contribution in [2.75, 3.05) is 14.1 Å². The molecule has 0 bridgehead atoms. The smallest absolute Gasteiger partial charge is 0.237 e. The maximum absolute atomic E-state index is 11.1. The lowest BCUT2D eigenvalue weighted by atomic mass is 10.3. The zero-order valence-corrected chi connectivity index (χ0v) is 6.72. The predicted octanol–water partition coefficient (Wildman–Crippen LogP) is 0.235. The highest BCUT2D eigenvalue weighted by Crippen LogP contribution is 2.37. The molecule has 1 aliphatic carbocycles. The van der Waals surface area contributed by atoms with E-state index in [-0.39, 0.29) is 11.8 Å². The number of hydrogen-bond acceptors (Lipinski definition) is 2. The summed E-state index contributed by atoms with van der Waals surface area (Å²) in [6.07, 6.45) is 1.06. The van der Waals surface area contributed by atoms with Crippen LogP contribution in [0, 0.1) is 11.8 Å². The van der Waals surface area contributed by atoms with Crippen LogP contribution in [0.2, 0.25) is 0 Å². The van der Waals surface area contributed by atoms with Gasteiger partial charge in [-0.15, -0.1) is 0 Å². The van der Waals surface area contributed by atoms with Crippen molar-refractivity contribution in [3.8, 4) is 0 Å². The zero-order chi connectivity index (χ0) is 7.72. The molecule has 0 aromatic heterocycles. The quantitative estimate of drug-likeness (QED) is 0.560. The highest BCUT2D eigenvalue weighted by Gasteiger charge is 2.39. The fourth-order valence-electron chi connectivity index (χ4n) is 0.991. The van der Waals surface area contributed by atoms with E-state index in [1.165, 1.54) is 0 Å². The number of hydrogen-bond donors (Lipinski definition) is 1. The van der Waals surface area contributed by atoms with E-state index < -0.39 is 0 Å². The summed E-state index contributed by atoms with van der Waals surface area (Å²) in [6.45, 7) is 2.10. The Hall–Kier alpha value is -0.570. The molecule has 2 atom stereocenters. The van der Waals surface area contributed by atoms with E-state index in [1.807, 2.05) is 14.1 Å². The molecule has 1 rings (SSSR count). The standard InChI is InChI=1S/C7H14N2O/c1-5-4-6(5)7(10)8-9(2)3/h5-6H,4H2,1-3H3,(H,8,10). The van der Waals surface area contributed by atoms with Crippen LogP contribution >= 0.6 is 0 Å². The van der Waals surface area contributed by atoms with Crippen molar-refractivity contribution < 1.29 is 4.79 Å². The average molecular weight is 142 g/mol. The minimum atomic E-state index is 0.164. The van der Waals surface area contributed by atoms with E-state index >= 15 is 0 Å². The Kier molecular flexibility index (Phi) is 1.94. The number of nitrogens with zero attached hydrogens (tertiary/aromatic N) is 1. The van der Waals surface area contributed by atoms with Crippen molar-refractivity contribution in [3.63, 3.8) is 0 Å². The largest absolute Gasteiger partial charge is 0.289 e. The van der Waals surface area contributed by atoms with Gasteiger partial charge in [0.25, 0.3) is 0 Å². The Morgan fingerprint density at radius 3 is 2.40 bits per heavy atom. The summed E-state index contributed by atoms with van der Waals surface area (Å²) in [7, 11) is 3.65. The van der Waals surface area contributed by atoms with Crippen LogP contribution in [0.4, 0.5) is 0 Å². The van der Waals surface area contributed by atoms with Crippen molar-refractivity contribution in [3.05, 3.63) is 0 Å². The Morgan fingerprint density at radius 1 is 1.60 bits per heavy atom. The van der Waals surface area contributed by atoms with E-state index in [0.717, 1.165) is 6.42 Å². The van der Waals surface area contributed by atoms with Crippen LogP contribution in [0.25, 0.3) is 0 Å². The van der Waals surface area contributed by atoms with Crippen LogP contribution in [0.5, 0.6) is 0 Å². The number of carbonyl (C=O) groups excluding carboxylic acids is 1. The van der Waals surface area contributed by atoms with Gasteiger partial charge in [0.05, 0.1) is 0 Å². The second-order valence-corrected chi connectivity index (χ2v) is 3.19. The van der Waals surface area contributed by atoms with Crippen LogP contribution in [0.15, 0.2) is 0 Å². The van der Waals surface area contributed by atoms with E-state index in [1.54, 1.807) is 5.01 Å². The number of carbonyl (C=O) groups is 1. The molecule has 58 valence electrons. The first-order chi connectivity index (χ1) is 4.61. The molecule has 3 nitrogen and oxygen atoms in total. The van der Waals surface area contributed by atoms with Crippen molar-refractivity contribution >= 4 is 5.91 Å². The third kappa shape index (κ3) is 1.70. The third-order valence-electron chi connectivity index (χ3n) is 1.78. The normalized spacial score (nSPS) is 30.4. The van der Waals surface area contributed by atoms with Gasteiger partial charge < -0.3 is 0 Å². The molecule has 0 saturated heterocycles. The number of nitrogens with one attached hydrogen (secondary N) is 1. The van der Waals surface area contributed by atoms with Crippen molar-refractivity contribution in [1.82, 2.24) is 10.4 Å². The lowest BCUT2D eigenvalue weighted by Gasteiger charge is -2.10. The topological polar surface area (TPSA) is 32.3 Å². The first kappa shape index (κ1) is 7.54. The van der Waals surface area contributed by atoms with Crippen LogP contribution in [0.1, 0.15) is 13.3 Å². The molecule has 1 aliphatic rings. The summed E-state index contributed by atoms with van der Waals surface area (Å²) in [4.78, 5) is 11.1. The molecule has 1 fully saturated rings. The first-order valence-electron chi connectivity index (χ1n) is 3.59. The summed E-state index contributed by atoms with van der Waals surface area (Å²) in [5.41, 5.74) is 2.73. The van der Waals surface area contributed by atoms with E-state index in [0.29, 0.717) is 5.92 Å². The van der Waals surface area contributed by atoms with Gasteiger partial charge in [-0.1, -0.05) is 6.92 Å². The van der Waals surface area contributed by atoms with Gasteiger partial charge in [-0.3, -0.25) is 10.2 Å². The molecule has 0 aromatic rings. The second-order valence-electron chi connectivity index (χ2n) is 3.19. The van der Waals surface area contributed by atoms with Gasteiger partial charge in [0.2, 0.25) is 5.91 Å². The summed E-state index contributed by atoms with van der Waals surface area (Å²) in [5, 5.41) is 1.69. The summed E-state index contributed by atoms with van der Waals surface area (Å²) >= 11 is 0. The highest BCUT2D eigenvalue weighted by atomic mass is 16.2. The molecular formula is C7H14N2O. The minimum Gasteiger partial charge on any atom is -0.289 e. The number of hydrazine groups is 1. The van der Waals surface area contributed by atoms with Crippen LogP contribution in [-0.4, -0.2) is 25.0 Å². The fourth-order valence-corrected chi connectivity index (χ4v) is 0.991. The lowest BCUT2D eigenvalue weighted by Crippen LogP contribution is -2.37. The summed E-state index contributed by atoms with van der Waals surface area (Å²) in [5.74, 6) is 1.04. The maximum atomic E-state index is 11.1. The predicted molar refractivity (Wildman–Crippen MR) is 39.1 cm³/mol. The molecule has 10 heavy (non-hydrogen) atoms. The summed E-state index contributed by atoms with van der Waals surface area (Å²) in [6, 6.07) is 0. The van der Waals surface area contributed by atoms with Gasteiger partial charge in [-0.2, -0.15) is 0 Å². The van der Waals surface area contributed by atoms with E-state index in [4.69, 9.17) is 0 Å². The van der Waals surface area contributed by atoms with Gasteiger partial charge in [0.1, 0.15) is 0 Å². The molecule has 1 saturated carbocycles. The molecule has 0 aliphatic heterocycles. The molecule has 1 N–H and O–H groups in total. The Balaban J connectivity index is 2.23. The van der Waals surface area contributed by atoms with Crippen LogP contribution in [0.3, 0.4) is 0 Å². The summed E-state index contributed by atoms with van der Waals surface area (Å²) < 4.78 is 0. The molecule has 0 spiro atoms. The van der Waals surface area contributed by atoms with Gasteiger partial charge in [-0.25, -0.2) is 5.01 Å². The molecular weight excluding hydrogens is 128 g/mol. The zero-order valence-electron chi connectivity index (χ0n) is 6.72. The van der Waals surface area contributed by atoms with Gasteiger partial charge in [-0.05, 0) is 12.3 Å². The third-order valence-corrected chi connectivity index (χ3v) is 1.78. The Morgan fingerprint density at radius 2 is 2.10 bits per heavy atom. The SMILES string of the molecule is CC1CC1C(=O)NN(C)C. The van der Waals surface area contributed by atoms with Crippen LogP contribution in [-0.2, 0) is 4.79 Å². The van der Waals surface area contributed by atoms with E-state index in [2.05, 4.69) is 12.3 Å². The monoisotopic (exact) mass is 142 g/mol. The molecule has 2 unspecified atom stereocenters. The lowest BCUT2D eigenvalue weighted by molar-refractivity contribution is -0.126. The Labute approximate surface area is 61.4 Å². The van der Waals surface area contributed by atoms with Gasteiger partial charge >= 0.3 is 0 Å². The van der Waals surface area contributed by atoms with Crippen molar-refractivity contribution in [1.29, 1.82) is 0 Å². The highest BCUT2D eigenvalue weighted by molar-refractivity contribution is 5.80. The molecule has 0 aromatic carbocycles. The van der Waals surface area contributed by atoms with Gasteiger partial charge in [0, 0.05) is 20.0 Å². The van der Waals surface area contributed by atoms with Crippen molar-refractivity contribution in [2.45, 2.75) is 13.3 Å². The molecule has 3 heteroatoms. The van der Waals surface area contributed by atoms with Gasteiger partial charge in [0.15, 0.2) is 0 Å². The second kappa shape index (κ2) is 2.58.